The Balaban J connectivity index is 2.41. The molecule has 1 aromatic carbocycles. The predicted molar refractivity (Wildman–Crippen MR) is 67.4 cm³/mol. The summed E-state index contributed by atoms with van der Waals surface area (Å²) in [5.74, 6) is -0.624. The van der Waals surface area contributed by atoms with E-state index in [9.17, 15) is 13.9 Å². The number of carboxylic acid groups (broad SMARTS) is 1. The average Bonchev–Trinajstić information content (AvgIpc) is 2.27. The van der Waals surface area contributed by atoms with Gasteiger partial charge in [0.05, 0.1) is 12.8 Å². The normalized spacial score (nSPS) is 18.1. The summed E-state index contributed by atoms with van der Waals surface area (Å²) in [4.78, 5) is 10.8. The number of hydrogen-bond donors (Lipinski definition) is 4. The zero-order valence-corrected chi connectivity index (χ0v) is 10.3. The smallest absolute Gasteiger partial charge is 0.311 e. The van der Waals surface area contributed by atoms with Crippen molar-refractivity contribution < 1.29 is 23.7 Å². The molecule has 8 heteroatoms. The second-order valence-electron chi connectivity index (χ2n) is 3.61. The van der Waals surface area contributed by atoms with Crippen molar-refractivity contribution >= 4 is 28.3 Å². The highest BCUT2D eigenvalue weighted by atomic mass is 32.3. The van der Waals surface area contributed by atoms with Crippen molar-refractivity contribution in [1.82, 2.24) is 0 Å². The summed E-state index contributed by atoms with van der Waals surface area (Å²) >= 11 is 0. The van der Waals surface area contributed by atoms with Gasteiger partial charge in [-0.05, 0) is 12.1 Å². The molecule has 0 radical (unpaired) electrons. The second-order valence-corrected chi connectivity index (χ2v) is 5.27. The van der Waals surface area contributed by atoms with Gasteiger partial charge in [0.25, 0.3) is 0 Å². The molecule has 0 bridgehead atoms. The van der Waals surface area contributed by atoms with Gasteiger partial charge in [-0.2, -0.15) is 0 Å². The number of nitrogens with one attached hydrogen (secondary N) is 1. The molecule has 0 fully saturated rings. The molecule has 98 valence electrons. The molecule has 1 heterocycles. The van der Waals surface area contributed by atoms with Gasteiger partial charge in [-0.1, -0.05) is 10.8 Å². The summed E-state index contributed by atoms with van der Waals surface area (Å²) < 4.78 is 28.4. The molecule has 4 N–H and O–H groups in total. The van der Waals surface area contributed by atoms with Crippen molar-refractivity contribution in [2.45, 2.75) is 11.3 Å². The van der Waals surface area contributed by atoms with Crippen LogP contribution in [0.4, 0.5) is 5.69 Å². The van der Waals surface area contributed by atoms with E-state index in [0.717, 1.165) is 0 Å². The summed E-state index contributed by atoms with van der Waals surface area (Å²) in [5.41, 5.74) is 0.419. The van der Waals surface area contributed by atoms with Gasteiger partial charge in [0.1, 0.15) is 22.9 Å². The van der Waals surface area contributed by atoms with Gasteiger partial charge in [-0.3, -0.25) is 13.9 Å². The average molecular weight is 272 g/mol. The molecule has 0 unspecified atom stereocenters. The number of carbonyl (C=O) groups is 1. The molecule has 0 atom stereocenters. The van der Waals surface area contributed by atoms with Crippen molar-refractivity contribution in [1.29, 1.82) is 0 Å². The molecule has 0 aromatic heterocycles. The molecule has 0 saturated heterocycles. The van der Waals surface area contributed by atoms with Crippen LogP contribution in [0.15, 0.2) is 27.5 Å². The fraction of sp³-hybridized carbons (Fsp3) is 0.200. The lowest BCUT2D eigenvalue weighted by atomic mass is 10.3. The van der Waals surface area contributed by atoms with Crippen LogP contribution in [0.25, 0.3) is 0 Å². The largest absolute Gasteiger partial charge is 0.497 e. The Kier molecular flexibility index (Phi) is 3.16. The maximum Gasteiger partial charge on any atom is 0.311 e. The van der Waals surface area contributed by atoms with Gasteiger partial charge < -0.3 is 15.2 Å². The van der Waals surface area contributed by atoms with Crippen LogP contribution in [0.1, 0.15) is 6.42 Å². The van der Waals surface area contributed by atoms with E-state index in [0.29, 0.717) is 11.4 Å². The number of rotatable bonds is 3. The third kappa shape index (κ3) is 2.40. The molecule has 18 heavy (non-hydrogen) atoms. The number of benzene rings is 1. The van der Waals surface area contributed by atoms with Crippen LogP contribution in [0.5, 0.6) is 5.75 Å². The SMILES string of the molecule is COc1ccc2c(c1)S(O)(O)N=C(CC(=O)O)N2. The van der Waals surface area contributed by atoms with Gasteiger partial charge in [-0.15, -0.1) is 4.40 Å². The quantitative estimate of drug-likeness (QED) is 0.669. The first-order chi connectivity index (χ1) is 8.42. The van der Waals surface area contributed by atoms with Crippen molar-refractivity contribution in [3.8, 4) is 5.75 Å². The van der Waals surface area contributed by atoms with E-state index in [-0.39, 0.29) is 10.7 Å². The Labute approximate surface area is 105 Å². The van der Waals surface area contributed by atoms with Crippen molar-refractivity contribution in [2.75, 3.05) is 12.4 Å². The number of ether oxygens (including phenoxy) is 1. The lowest BCUT2D eigenvalue weighted by molar-refractivity contribution is -0.135. The fourth-order valence-electron chi connectivity index (χ4n) is 1.56. The Morgan fingerprint density at radius 2 is 2.22 bits per heavy atom. The third-order valence-corrected chi connectivity index (χ3v) is 3.72. The van der Waals surface area contributed by atoms with Gasteiger partial charge in [-0.25, -0.2) is 0 Å². The fourth-order valence-corrected chi connectivity index (χ4v) is 2.76. The van der Waals surface area contributed by atoms with Gasteiger partial charge >= 0.3 is 5.97 Å². The lowest BCUT2D eigenvalue weighted by Crippen LogP contribution is -2.22. The van der Waals surface area contributed by atoms with Crippen molar-refractivity contribution in [2.24, 2.45) is 4.40 Å². The topological polar surface area (TPSA) is 111 Å². The molecule has 1 aromatic rings. The molecule has 0 amide bonds. The van der Waals surface area contributed by atoms with Gasteiger partial charge in [0, 0.05) is 6.07 Å². The number of nitrogens with zero attached hydrogens (tertiary/aromatic N) is 1. The highest BCUT2D eigenvalue weighted by Gasteiger charge is 2.27. The summed E-state index contributed by atoms with van der Waals surface area (Å²) in [6, 6.07) is 4.67. The van der Waals surface area contributed by atoms with E-state index in [1.54, 1.807) is 12.1 Å². The monoisotopic (exact) mass is 272 g/mol. The highest BCUT2D eigenvalue weighted by Crippen LogP contribution is 2.56. The van der Waals surface area contributed by atoms with Crippen LogP contribution in [0, 0.1) is 0 Å². The number of amidine groups is 1. The summed E-state index contributed by atoms with van der Waals surface area (Å²) in [6.45, 7) is 0. The van der Waals surface area contributed by atoms with E-state index in [1.807, 2.05) is 0 Å². The number of aliphatic carboxylic acids is 1. The zero-order valence-electron chi connectivity index (χ0n) is 9.45. The van der Waals surface area contributed by atoms with Crippen LogP contribution < -0.4 is 10.1 Å². The Hall–Kier alpha value is -1.77. The maximum absolute atomic E-state index is 10.6. The van der Waals surface area contributed by atoms with Crippen molar-refractivity contribution in [3.63, 3.8) is 0 Å². The molecular weight excluding hydrogens is 260 g/mol. The minimum atomic E-state index is -3.39. The van der Waals surface area contributed by atoms with E-state index >= 15 is 0 Å². The first kappa shape index (κ1) is 12.7. The second kappa shape index (κ2) is 4.48. The van der Waals surface area contributed by atoms with Crippen LogP contribution in [0.2, 0.25) is 0 Å². The number of fused-ring (bicyclic) bond motifs is 1. The summed E-state index contributed by atoms with van der Waals surface area (Å²) in [6.07, 6.45) is -0.401. The minimum absolute atomic E-state index is 0.0140. The van der Waals surface area contributed by atoms with E-state index in [2.05, 4.69) is 9.71 Å². The number of hydrogen-bond acceptors (Lipinski definition) is 6. The molecule has 1 aliphatic heterocycles. The van der Waals surface area contributed by atoms with E-state index < -0.39 is 23.2 Å². The van der Waals surface area contributed by atoms with Crippen LogP contribution in [-0.2, 0) is 4.79 Å². The Morgan fingerprint density at radius 1 is 1.50 bits per heavy atom. The highest BCUT2D eigenvalue weighted by molar-refractivity contribution is 8.23. The minimum Gasteiger partial charge on any atom is -0.497 e. The van der Waals surface area contributed by atoms with Gasteiger partial charge in [0.2, 0.25) is 0 Å². The molecule has 0 aliphatic carbocycles. The van der Waals surface area contributed by atoms with Gasteiger partial charge in [0.15, 0.2) is 0 Å². The van der Waals surface area contributed by atoms with E-state index in [4.69, 9.17) is 9.84 Å². The Bertz CT molecular complexity index is 529. The summed E-state index contributed by atoms with van der Waals surface area (Å²) in [5, 5.41) is 11.4. The molecular formula is C10H12N2O5S. The number of anilines is 1. The van der Waals surface area contributed by atoms with Crippen LogP contribution in [-0.4, -0.2) is 33.1 Å². The summed E-state index contributed by atoms with van der Waals surface area (Å²) in [7, 11) is -1.93. The van der Waals surface area contributed by atoms with Crippen LogP contribution in [0.3, 0.4) is 0 Å². The molecule has 0 spiro atoms. The predicted octanol–water partition coefficient (Wildman–Crippen LogP) is 2.02. The molecule has 0 saturated carbocycles. The molecule has 1 aliphatic rings. The van der Waals surface area contributed by atoms with Crippen molar-refractivity contribution in [3.05, 3.63) is 18.2 Å². The lowest BCUT2D eigenvalue weighted by Gasteiger charge is -2.34. The maximum atomic E-state index is 10.6. The first-order valence-corrected chi connectivity index (χ1v) is 6.46. The zero-order chi connectivity index (χ0) is 13.3. The Morgan fingerprint density at radius 3 is 2.83 bits per heavy atom. The number of methoxy groups -OCH3 is 1. The molecule has 2 rings (SSSR count). The molecule has 7 nitrogen and oxygen atoms in total. The first-order valence-electron chi connectivity index (χ1n) is 4.96. The third-order valence-electron chi connectivity index (χ3n) is 2.32. The van der Waals surface area contributed by atoms with Crippen LogP contribution >= 0.6 is 10.8 Å². The standard InChI is InChI=1S/C10H12N2O5S/c1-17-6-2-3-7-8(4-6)18(15,16)12-9(11-7)5-10(13)14/h2-4,15-16H,5H2,1H3,(H,11,12)(H,13,14). The van der Waals surface area contributed by atoms with E-state index in [1.165, 1.54) is 13.2 Å². The number of carboxylic acids is 1.